The molecule has 1 unspecified atom stereocenters. The van der Waals surface area contributed by atoms with E-state index in [4.69, 9.17) is 0 Å². The molecule has 0 heterocycles. The Morgan fingerprint density at radius 2 is 2.00 bits per heavy atom. The van der Waals surface area contributed by atoms with Crippen molar-refractivity contribution in [1.82, 2.24) is 5.32 Å². The van der Waals surface area contributed by atoms with Crippen molar-refractivity contribution < 1.29 is 0 Å². The van der Waals surface area contributed by atoms with Gasteiger partial charge in [0, 0.05) is 6.04 Å². The lowest BCUT2D eigenvalue weighted by Gasteiger charge is -2.19. The van der Waals surface area contributed by atoms with Gasteiger partial charge in [-0.15, -0.1) is 0 Å². The molecule has 1 aromatic rings. The van der Waals surface area contributed by atoms with E-state index in [0.29, 0.717) is 6.04 Å². The lowest BCUT2D eigenvalue weighted by molar-refractivity contribution is 0.493. The summed E-state index contributed by atoms with van der Waals surface area (Å²) in [4.78, 5) is 0. The summed E-state index contributed by atoms with van der Waals surface area (Å²) in [7, 11) is 0. The first kappa shape index (κ1) is 14.3. The number of rotatable bonds is 7. The molecular weight excluding hydrogens is 230 g/mol. The van der Waals surface area contributed by atoms with Crippen molar-refractivity contribution >= 4 is 0 Å². The number of nitrogens with one attached hydrogen (secondary N) is 1. The minimum absolute atomic E-state index is 0.617. The van der Waals surface area contributed by atoms with Crippen LogP contribution >= 0.6 is 0 Å². The predicted molar refractivity (Wildman–Crippen MR) is 83.4 cm³/mol. The summed E-state index contributed by atoms with van der Waals surface area (Å²) in [6, 6.07) is 11.4. The van der Waals surface area contributed by atoms with Gasteiger partial charge in [0.1, 0.15) is 0 Å². The lowest BCUT2D eigenvalue weighted by atomic mass is 9.97. The first-order chi connectivity index (χ1) is 9.38. The predicted octanol–water partition coefficient (Wildman–Crippen LogP) is 4.49. The van der Waals surface area contributed by atoms with Gasteiger partial charge in [-0.25, -0.2) is 0 Å². The van der Waals surface area contributed by atoms with E-state index in [2.05, 4.69) is 48.6 Å². The van der Waals surface area contributed by atoms with Crippen molar-refractivity contribution in [1.29, 1.82) is 0 Å². The summed E-state index contributed by atoms with van der Waals surface area (Å²) >= 11 is 0. The third kappa shape index (κ3) is 5.20. The Morgan fingerprint density at radius 1 is 1.16 bits per heavy atom. The molecule has 0 saturated carbocycles. The zero-order valence-electron chi connectivity index (χ0n) is 12.2. The van der Waals surface area contributed by atoms with E-state index in [1.54, 1.807) is 5.57 Å². The topological polar surface area (TPSA) is 12.0 Å². The highest BCUT2D eigenvalue weighted by atomic mass is 14.9. The lowest BCUT2D eigenvalue weighted by Crippen LogP contribution is -2.31. The normalized spacial score (nSPS) is 17.0. The molecule has 1 nitrogen and oxygen atoms in total. The van der Waals surface area contributed by atoms with Crippen LogP contribution in [0.15, 0.2) is 42.0 Å². The number of benzene rings is 1. The number of hydrogen-bond acceptors (Lipinski definition) is 1. The fraction of sp³-hybridized carbons (Fsp3) is 0.556. The molecule has 0 radical (unpaired) electrons. The summed E-state index contributed by atoms with van der Waals surface area (Å²) in [6.45, 7) is 3.41. The van der Waals surface area contributed by atoms with Crippen molar-refractivity contribution in [2.45, 2.75) is 57.9 Å². The smallest absolute Gasteiger partial charge is 0.0105 e. The molecule has 0 aliphatic heterocycles. The van der Waals surface area contributed by atoms with Crippen LogP contribution in [0.2, 0.25) is 0 Å². The Labute approximate surface area is 118 Å². The molecule has 1 atom stereocenters. The van der Waals surface area contributed by atoms with E-state index in [1.165, 1.54) is 44.1 Å². The molecule has 0 aromatic heterocycles. The van der Waals surface area contributed by atoms with Gasteiger partial charge < -0.3 is 5.32 Å². The molecule has 1 N–H and O–H groups in total. The van der Waals surface area contributed by atoms with E-state index in [0.717, 1.165) is 13.0 Å². The third-order valence-electron chi connectivity index (χ3n) is 4.08. The summed E-state index contributed by atoms with van der Waals surface area (Å²) in [5.41, 5.74) is 3.12. The van der Waals surface area contributed by atoms with Crippen LogP contribution < -0.4 is 5.32 Å². The average Bonchev–Trinajstić information content (AvgIpc) is 2.48. The van der Waals surface area contributed by atoms with E-state index >= 15 is 0 Å². The number of hydrogen-bond donors (Lipinski definition) is 1. The van der Waals surface area contributed by atoms with Gasteiger partial charge in [-0.2, -0.15) is 0 Å². The zero-order valence-corrected chi connectivity index (χ0v) is 12.2. The molecule has 1 heteroatoms. The van der Waals surface area contributed by atoms with Gasteiger partial charge in [-0.1, -0.05) is 48.9 Å². The van der Waals surface area contributed by atoms with Crippen LogP contribution in [0.3, 0.4) is 0 Å². The Bertz CT molecular complexity index is 380. The van der Waals surface area contributed by atoms with Gasteiger partial charge >= 0.3 is 0 Å². The minimum atomic E-state index is 0.617. The maximum atomic E-state index is 3.72. The quantitative estimate of drug-likeness (QED) is 0.710. The van der Waals surface area contributed by atoms with Crippen LogP contribution in [0, 0.1) is 0 Å². The molecule has 1 aliphatic rings. The van der Waals surface area contributed by atoms with Crippen LogP contribution in [0.4, 0.5) is 0 Å². The third-order valence-corrected chi connectivity index (χ3v) is 4.08. The van der Waals surface area contributed by atoms with Crippen molar-refractivity contribution in [3.05, 3.63) is 47.5 Å². The van der Waals surface area contributed by atoms with Gasteiger partial charge in [0.2, 0.25) is 0 Å². The summed E-state index contributed by atoms with van der Waals surface area (Å²) < 4.78 is 0. The van der Waals surface area contributed by atoms with Gasteiger partial charge in [-0.3, -0.25) is 0 Å². The molecule has 104 valence electrons. The highest BCUT2D eigenvalue weighted by Gasteiger charge is 2.08. The first-order valence-corrected chi connectivity index (χ1v) is 7.83. The molecule has 0 saturated heterocycles. The standard InChI is InChI=1S/C18H27N/c1-2-18(15-17-11-7-4-8-12-17)19-14-13-16-9-5-3-6-10-16/h4,7-9,11-12,18-19H,2-3,5-6,10,13-15H2,1H3. The van der Waals surface area contributed by atoms with E-state index in [9.17, 15) is 0 Å². The fourth-order valence-electron chi connectivity index (χ4n) is 2.83. The molecule has 1 aliphatic carbocycles. The first-order valence-electron chi connectivity index (χ1n) is 7.83. The fourth-order valence-corrected chi connectivity index (χ4v) is 2.83. The second kappa shape index (κ2) is 8.16. The van der Waals surface area contributed by atoms with Crippen LogP contribution in [-0.2, 0) is 6.42 Å². The SMILES string of the molecule is CCC(Cc1ccccc1)NCCC1=CCCCC1. The largest absolute Gasteiger partial charge is 0.313 e. The molecule has 0 fully saturated rings. The van der Waals surface area contributed by atoms with Crippen molar-refractivity contribution in [3.8, 4) is 0 Å². The maximum absolute atomic E-state index is 3.72. The van der Waals surface area contributed by atoms with Gasteiger partial charge in [0.15, 0.2) is 0 Å². The molecular formula is C18H27N. The molecule has 0 amide bonds. The average molecular weight is 257 g/mol. The van der Waals surface area contributed by atoms with Crippen LogP contribution in [0.5, 0.6) is 0 Å². The van der Waals surface area contributed by atoms with Gasteiger partial charge in [0.25, 0.3) is 0 Å². The highest BCUT2D eigenvalue weighted by Crippen LogP contribution is 2.19. The Hall–Kier alpha value is -1.08. The van der Waals surface area contributed by atoms with Gasteiger partial charge in [-0.05, 0) is 57.1 Å². The van der Waals surface area contributed by atoms with Crippen molar-refractivity contribution in [3.63, 3.8) is 0 Å². The van der Waals surface area contributed by atoms with E-state index in [-0.39, 0.29) is 0 Å². The highest BCUT2D eigenvalue weighted by molar-refractivity contribution is 5.15. The summed E-state index contributed by atoms with van der Waals surface area (Å²) in [6.07, 6.45) is 11.5. The van der Waals surface area contributed by atoms with Crippen molar-refractivity contribution in [2.24, 2.45) is 0 Å². The van der Waals surface area contributed by atoms with Crippen LogP contribution in [-0.4, -0.2) is 12.6 Å². The Kier molecular flexibility index (Phi) is 6.16. The number of allylic oxidation sites excluding steroid dienone is 1. The monoisotopic (exact) mass is 257 g/mol. The van der Waals surface area contributed by atoms with Gasteiger partial charge in [0.05, 0.1) is 0 Å². The molecule has 19 heavy (non-hydrogen) atoms. The van der Waals surface area contributed by atoms with E-state index < -0.39 is 0 Å². The second-order valence-electron chi connectivity index (χ2n) is 5.61. The summed E-state index contributed by atoms with van der Waals surface area (Å²) in [5, 5.41) is 3.72. The van der Waals surface area contributed by atoms with E-state index in [1.807, 2.05) is 0 Å². The van der Waals surface area contributed by atoms with Crippen LogP contribution in [0.25, 0.3) is 0 Å². The summed E-state index contributed by atoms with van der Waals surface area (Å²) in [5.74, 6) is 0. The molecule has 0 bridgehead atoms. The Morgan fingerprint density at radius 3 is 2.68 bits per heavy atom. The molecule has 0 spiro atoms. The van der Waals surface area contributed by atoms with Crippen LogP contribution in [0.1, 0.15) is 51.0 Å². The Balaban J connectivity index is 1.72. The molecule has 1 aromatic carbocycles. The maximum Gasteiger partial charge on any atom is 0.0105 e. The zero-order chi connectivity index (χ0) is 13.3. The molecule has 2 rings (SSSR count). The second-order valence-corrected chi connectivity index (χ2v) is 5.61. The van der Waals surface area contributed by atoms with Crippen molar-refractivity contribution in [2.75, 3.05) is 6.54 Å². The minimum Gasteiger partial charge on any atom is -0.313 e.